The van der Waals surface area contributed by atoms with Crippen molar-refractivity contribution in [1.29, 1.82) is 5.26 Å². The van der Waals surface area contributed by atoms with Gasteiger partial charge in [-0.25, -0.2) is 9.48 Å². The molecule has 7 heteroatoms. The van der Waals surface area contributed by atoms with Gasteiger partial charge in [-0.3, -0.25) is 0 Å². The Bertz CT molecular complexity index is 731. The molecule has 0 radical (unpaired) electrons. The summed E-state index contributed by atoms with van der Waals surface area (Å²) in [6.07, 6.45) is 0.474. The fourth-order valence-corrected chi connectivity index (χ4v) is 3.33. The van der Waals surface area contributed by atoms with Crippen molar-refractivity contribution in [3.05, 3.63) is 27.9 Å². The van der Waals surface area contributed by atoms with Crippen molar-refractivity contribution in [3.8, 4) is 11.1 Å². The minimum atomic E-state index is -1.11. The average molecular weight is 304 g/mol. The van der Waals surface area contributed by atoms with E-state index in [9.17, 15) is 10.1 Å². The molecule has 0 fully saturated rings. The molecule has 0 saturated heterocycles. The van der Waals surface area contributed by atoms with E-state index in [0.717, 1.165) is 5.56 Å². The number of nitrogens with zero attached hydrogens (tertiary/aromatic N) is 4. The second-order valence-corrected chi connectivity index (χ2v) is 6.50. The first-order valence-corrected chi connectivity index (χ1v) is 7.39. The zero-order valence-corrected chi connectivity index (χ0v) is 13.2. The second kappa shape index (κ2) is 5.30. The molecule has 0 saturated carbocycles. The first-order chi connectivity index (χ1) is 9.81. The Balaban J connectivity index is 2.67. The van der Waals surface area contributed by atoms with E-state index in [-0.39, 0.29) is 11.1 Å². The van der Waals surface area contributed by atoms with Gasteiger partial charge in [-0.2, -0.15) is 5.26 Å². The molecule has 0 spiro atoms. The van der Waals surface area contributed by atoms with Gasteiger partial charge < -0.3 is 5.11 Å². The van der Waals surface area contributed by atoms with Gasteiger partial charge in [-0.05, 0) is 22.8 Å². The molecular weight excluding hydrogens is 288 g/mol. The lowest BCUT2D eigenvalue weighted by Crippen LogP contribution is -2.12. The van der Waals surface area contributed by atoms with Crippen molar-refractivity contribution in [1.82, 2.24) is 15.0 Å². The SMILES string of the molecule is CCc1c(C(=O)O)nnn1-c1scc(C(C)(C)C)c1C#N. The molecule has 6 nitrogen and oxygen atoms in total. The molecule has 2 heterocycles. The van der Waals surface area contributed by atoms with Gasteiger partial charge >= 0.3 is 5.97 Å². The number of aromatic carboxylic acids is 1. The molecule has 2 aromatic heterocycles. The molecule has 0 atom stereocenters. The standard InChI is InChI=1S/C14H16N4O2S/c1-5-10-11(13(19)20)16-17-18(10)12-8(6-15)9(7-21-12)14(2,3)4/h7H,5H2,1-4H3,(H,19,20). The fraction of sp³-hybridized carbons (Fsp3) is 0.429. The van der Waals surface area contributed by atoms with Crippen LogP contribution in [-0.2, 0) is 11.8 Å². The number of nitriles is 1. The number of rotatable bonds is 3. The third-order valence-electron chi connectivity index (χ3n) is 3.18. The van der Waals surface area contributed by atoms with Crippen molar-refractivity contribution < 1.29 is 9.90 Å². The van der Waals surface area contributed by atoms with Crippen LogP contribution in [0, 0.1) is 11.3 Å². The molecule has 0 bridgehead atoms. The third kappa shape index (κ3) is 2.54. The first kappa shape index (κ1) is 15.2. The summed E-state index contributed by atoms with van der Waals surface area (Å²) < 4.78 is 1.47. The average Bonchev–Trinajstić information content (AvgIpc) is 3.00. The maximum absolute atomic E-state index is 11.2. The zero-order chi connectivity index (χ0) is 15.8. The van der Waals surface area contributed by atoms with Crippen LogP contribution in [0.2, 0.25) is 0 Å². The van der Waals surface area contributed by atoms with Crippen LogP contribution in [0.25, 0.3) is 5.00 Å². The predicted octanol–water partition coefficient (Wildman–Crippen LogP) is 2.76. The van der Waals surface area contributed by atoms with Crippen molar-refractivity contribution in [2.45, 2.75) is 39.5 Å². The highest BCUT2D eigenvalue weighted by Gasteiger charge is 2.26. The Kier molecular flexibility index (Phi) is 3.83. The lowest BCUT2D eigenvalue weighted by Gasteiger charge is -2.17. The summed E-state index contributed by atoms with van der Waals surface area (Å²) in [4.78, 5) is 11.2. The van der Waals surface area contributed by atoms with E-state index in [2.05, 4.69) is 16.4 Å². The Morgan fingerprint density at radius 2 is 2.19 bits per heavy atom. The first-order valence-electron chi connectivity index (χ1n) is 6.51. The number of carboxylic acids is 1. The third-order valence-corrected chi connectivity index (χ3v) is 4.14. The summed E-state index contributed by atoms with van der Waals surface area (Å²) in [5.41, 5.74) is 1.74. The van der Waals surface area contributed by atoms with Crippen molar-refractivity contribution in [3.63, 3.8) is 0 Å². The topological polar surface area (TPSA) is 91.8 Å². The number of hydrogen-bond acceptors (Lipinski definition) is 5. The van der Waals surface area contributed by atoms with Gasteiger partial charge in [0.1, 0.15) is 11.1 Å². The lowest BCUT2D eigenvalue weighted by atomic mass is 9.86. The van der Waals surface area contributed by atoms with Gasteiger partial charge in [0.05, 0.1) is 11.3 Å². The molecule has 110 valence electrons. The second-order valence-electron chi connectivity index (χ2n) is 5.65. The molecule has 0 amide bonds. The largest absolute Gasteiger partial charge is 0.476 e. The Morgan fingerprint density at radius 1 is 1.52 bits per heavy atom. The van der Waals surface area contributed by atoms with Gasteiger partial charge in [0.15, 0.2) is 5.69 Å². The maximum atomic E-state index is 11.2. The van der Waals surface area contributed by atoms with Gasteiger partial charge in [-0.15, -0.1) is 16.4 Å². The summed E-state index contributed by atoms with van der Waals surface area (Å²) in [6.45, 7) is 7.94. The van der Waals surface area contributed by atoms with E-state index in [1.54, 1.807) is 0 Å². The summed E-state index contributed by atoms with van der Waals surface area (Å²) in [5, 5.41) is 28.8. The molecule has 0 aromatic carbocycles. The van der Waals surface area contributed by atoms with Crippen molar-refractivity contribution in [2.75, 3.05) is 0 Å². The van der Waals surface area contributed by atoms with Crippen LogP contribution in [-0.4, -0.2) is 26.1 Å². The normalized spacial score (nSPS) is 11.4. The number of thiophene rings is 1. The van der Waals surface area contributed by atoms with Crippen LogP contribution in [0.3, 0.4) is 0 Å². The molecule has 2 aromatic rings. The van der Waals surface area contributed by atoms with Crippen molar-refractivity contribution in [2.24, 2.45) is 0 Å². The highest BCUT2D eigenvalue weighted by atomic mass is 32.1. The molecule has 2 rings (SSSR count). The molecular formula is C14H16N4O2S. The highest BCUT2D eigenvalue weighted by molar-refractivity contribution is 7.13. The van der Waals surface area contributed by atoms with Crippen LogP contribution in [0.5, 0.6) is 0 Å². The minimum absolute atomic E-state index is 0.0629. The number of aromatic nitrogens is 3. The zero-order valence-electron chi connectivity index (χ0n) is 12.3. The summed E-state index contributed by atoms with van der Waals surface area (Å²) in [7, 11) is 0. The van der Waals surface area contributed by atoms with Crippen LogP contribution >= 0.6 is 11.3 Å². The van der Waals surface area contributed by atoms with Crippen LogP contribution < -0.4 is 0 Å². The Hall–Kier alpha value is -2.20. The van der Waals surface area contributed by atoms with E-state index in [0.29, 0.717) is 22.7 Å². The lowest BCUT2D eigenvalue weighted by molar-refractivity contribution is 0.0689. The molecule has 0 aliphatic rings. The molecule has 1 N–H and O–H groups in total. The molecule has 0 unspecified atom stereocenters. The monoisotopic (exact) mass is 304 g/mol. The smallest absolute Gasteiger partial charge is 0.358 e. The van der Waals surface area contributed by atoms with E-state index >= 15 is 0 Å². The molecule has 0 aliphatic heterocycles. The molecule has 21 heavy (non-hydrogen) atoms. The number of carboxylic acid groups (broad SMARTS) is 1. The van der Waals surface area contributed by atoms with E-state index in [4.69, 9.17) is 5.11 Å². The predicted molar refractivity (Wildman–Crippen MR) is 79.0 cm³/mol. The van der Waals surface area contributed by atoms with Gasteiger partial charge in [0.25, 0.3) is 0 Å². The number of hydrogen-bond donors (Lipinski definition) is 1. The summed E-state index contributed by atoms with van der Waals surface area (Å²) in [5.74, 6) is -1.11. The summed E-state index contributed by atoms with van der Waals surface area (Å²) in [6, 6.07) is 2.21. The number of carbonyl (C=O) groups is 1. The summed E-state index contributed by atoms with van der Waals surface area (Å²) >= 11 is 1.38. The molecule has 0 aliphatic carbocycles. The van der Waals surface area contributed by atoms with E-state index in [1.807, 2.05) is 33.1 Å². The van der Waals surface area contributed by atoms with Crippen LogP contribution in [0.1, 0.15) is 55.0 Å². The van der Waals surface area contributed by atoms with Gasteiger partial charge in [-0.1, -0.05) is 32.9 Å². The minimum Gasteiger partial charge on any atom is -0.476 e. The van der Waals surface area contributed by atoms with E-state index < -0.39 is 5.97 Å². The quantitative estimate of drug-likeness (QED) is 0.941. The highest BCUT2D eigenvalue weighted by Crippen LogP contribution is 2.34. The Labute approximate surface area is 126 Å². The van der Waals surface area contributed by atoms with Crippen LogP contribution in [0.15, 0.2) is 5.38 Å². The maximum Gasteiger partial charge on any atom is 0.358 e. The van der Waals surface area contributed by atoms with Crippen molar-refractivity contribution >= 4 is 17.3 Å². The van der Waals surface area contributed by atoms with Crippen LogP contribution in [0.4, 0.5) is 0 Å². The van der Waals surface area contributed by atoms with Gasteiger partial charge in [0.2, 0.25) is 0 Å². The Morgan fingerprint density at radius 3 is 2.67 bits per heavy atom. The van der Waals surface area contributed by atoms with E-state index in [1.165, 1.54) is 16.0 Å². The fourth-order valence-electron chi connectivity index (χ4n) is 2.11. The van der Waals surface area contributed by atoms with Gasteiger partial charge in [0, 0.05) is 0 Å².